The molecule has 2 aromatic rings. The molecule has 2 N–H and O–H groups in total. The maximum Gasteiger partial charge on any atom is 0.162 e. The second kappa shape index (κ2) is 9.57. The zero-order valence-electron chi connectivity index (χ0n) is 16.3. The van der Waals surface area contributed by atoms with Crippen molar-refractivity contribution in [1.82, 2.24) is 5.32 Å². The summed E-state index contributed by atoms with van der Waals surface area (Å²) >= 11 is 0. The van der Waals surface area contributed by atoms with Crippen molar-refractivity contribution >= 4 is 5.78 Å². The maximum absolute atomic E-state index is 11.6. The van der Waals surface area contributed by atoms with E-state index in [9.17, 15) is 9.90 Å². The minimum Gasteiger partial charge on any atom is -0.491 e. The van der Waals surface area contributed by atoms with Crippen LogP contribution in [0.2, 0.25) is 0 Å². The Morgan fingerprint density at radius 3 is 2.57 bits per heavy atom. The van der Waals surface area contributed by atoms with Gasteiger partial charge < -0.3 is 24.6 Å². The third kappa shape index (κ3) is 5.24. The normalized spacial score (nSPS) is 15.0. The van der Waals surface area contributed by atoms with Gasteiger partial charge in [-0.15, -0.1) is 0 Å². The smallest absolute Gasteiger partial charge is 0.162 e. The molecule has 6 heteroatoms. The van der Waals surface area contributed by atoms with E-state index in [-0.39, 0.29) is 18.4 Å². The molecule has 1 aliphatic rings. The highest BCUT2D eigenvalue weighted by molar-refractivity contribution is 5.95. The fraction of sp³-hybridized carbons (Fsp3) is 0.409. The van der Waals surface area contributed by atoms with E-state index in [4.69, 9.17) is 14.2 Å². The van der Waals surface area contributed by atoms with Gasteiger partial charge in [-0.25, -0.2) is 0 Å². The Morgan fingerprint density at radius 1 is 1.14 bits per heavy atom. The largest absolute Gasteiger partial charge is 0.491 e. The lowest BCUT2D eigenvalue weighted by molar-refractivity contribution is 0.0986. The van der Waals surface area contributed by atoms with Gasteiger partial charge in [0.1, 0.15) is 31.7 Å². The Hall–Kier alpha value is -2.57. The molecular formula is C22H27NO5. The van der Waals surface area contributed by atoms with Gasteiger partial charge in [0.2, 0.25) is 0 Å². The van der Waals surface area contributed by atoms with Crippen LogP contribution in [0.3, 0.4) is 0 Å². The first kappa shape index (κ1) is 20.2. The lowest BCUT2D eigenvalue weighted by Crippen LogP contribution is -2.33. The molecule has 28 heavy (non-hydrogen) atoms. The van der Waals surface area contributed by atoms with Gasteiger partial charge >= 0.3 is 0 Å². The second-order valence-corrected chi connectivity index (χ2v) is 6.80. The zero-order chi connectivity index (χ0) is 19.9. The summed E-state index contributed by atoms with van der Waals surface area (Å²) in [7, 11) is 0. The van der Waals surface area contributed by atoms with Crippen molar-refractivity contribution in [3.63, 3.8) is 0 Å². The van der Waals surface area contributed by atoms with Crippen molar-refractivity contribution in [2.24, 2.45) is 0 Å². The summed E-state index contributed by atoms with van der Waals surface area (Å²) in [4.78, 5) is 11.6. The third-order valence-corrected chi connectivity index (χ3v) is 4.67. The van der Waals surface area contributed by atoms with Crippen LogP contribution in [0.1, 0.15) is 42.2 Å². The number of hydrogen-bond acceptors (Lipinski definition) is 6. The fourth-order valence-corrected chi connectivity index (χ4v) is 2.95. The van der Waals surface area contributed by atoms with E-state index in [2.05, 4.69) is 5.32 Å². The molecule has 0 radical (unpaired) electrons. The number of fused-ring (bicyclic) bond motifs is 1. The van der Waals surface area contributed by atoms with Gasteiger partial charge in [0.25, 0.3) is 0 Å². The highest BCUT2D eigenvalue weighted by atomic mass is 16.6. The van der Waals surface area contributed by atoms with Gasteiger partial charge in [-0.2, -0.15) is 0 Å². The Kier molecular flexibility index (Phi) is 6.90. The summed E-state index contributed by atoms with van der Waals surface area (Å²) in [5.41, 5.74) is 1.74. The maximum atomic E-state index is 11.6. The number of carbonyl (C=O) groups excluding carboxylic acids is 1. The van der Waals surface area contributed by atoms with Crippen molar-refractivity contribution in [1.29, 1.82) is 0 Å². The molecule has 0 aliphatic carbocycles. The van der Waals surface area contributed by atoms with Crippen LogP contribution in [-0.4, -0.2) is 43.4 Å². The quantitative estimate of drug-likeness (QED) is 0.646. The number of ketones is 1. The van der Waals surface area contributed by atoms with E-state index < -0.39 is 6.10 Å². The molecule has 0 aromatic heterocycles. The molecule has 1 heterocycles. The molecule has 0 fully saturated rings. The summed E-state index contributed by atoms with van der Waals surface area (Å²) in [6, 6.07) is 12.9. The number of ether oxygens (including phenoxy) is 3. The van der Waals surface area contributed by atoms with E-state index >= 15 is 0 Å². The Balaban J connectivity index is 1.45. The summed E-state index contributed by atoms with van der Waals surface area (Å²) in [5, 5.41) is 13.5. The summed E-state index contributed by atoms with van der Waals surface area (Å²) in [5.74, 6) is 2.25. The molecule has 0 amide bonds. The first-order chi connectivity index (χ1) is 13.6. The molecule has 3 rings (SSSR count). The predicted octanol–water partition coefficient (Wildman–Crippen LogP) is 3.14. The van der Waals surface area contributed by atoms with Crippen LogP contribution in [0.15, 0.2) is 42.5 Å². The number of hydrogen-bond donors (Lipinski definition) is 2. The molecular weight excluding hydrogens is 358 g/mol. The number of aliphatic hydroxyl groups excluding tert-OH is 1. The number of carbonyl (C=O) groups is 1. The molecule has 1 aliphatic heterocycles. The summed E-state index contributed by atoms with van der Waals surface area (Å²) in [6.07, 6.45) is -0.178. The van der Waals surface area contributed by atoms with E-state index in [1.807, 2.05) is 32.0 Å². The number of benzene rings is 2. The van der Waals surface area contributed by atoms with Crippen LogP contribution in [0.4, 0.5) is 0 Å². The Labute approximate surface area is 165 Å². The van der Waals surface area contributed by atoms with Crippen LogP contribution in [0.25, 0.3) is 0 Å². The van der Waals surface area contributed by atoms with Crippen LogP contribution >= 0.6 is 0 Å². The van der Waals surface area contributed by atoms with Crippen LogP contribution in [0.5, 0.6) is 17.2 Å². The molecule has 0 saturated heterocycles. The number of rotatable bonds is 9. The predicted molar refractivity (Wildman–Crippen MR) is 106 cm³/mol. The highest BCUT2D eigenvalue weighted by Gasteiger charge is 2.15. The van der Waals surface area contributed by atoms with Gasteiger partial charge in [-0.3, -0.25) is 4.79 Å². The van der Waals surface area contributed by atoms with Crippen LogP contribution < -0.4 is 19.5 Å². The fourth-order valence-electron chi connectivity index (χ4n) is 2.95. The summed E-state index contributed by atoms with van der Waals surface area (Å²) in [6.45, 7) is 5.56. The Morgan fingerprint density at radius 2 is 1.86 bits per heavy atom. The third-order valence-electron chi connectivity index (χ3n) is 4.67. The van der Waals surface area contributed by atoms with Gasteiger partial charge in [0, 0.05) is 24.6 Å². The molecule has 2 atom stereocenters. The molecule has 0 bridgehead atoms. The number of nitrogens with one attached hydrogen (secondary N) is 1. The molecule has 0 saturated carbocycles. The average molecular weight is 385 g/mol. The monoisotopic (exact) mass is 385 g/mol. The van der Waals surface area contributed by atoms with Gasteiger partial charge in [0.15, 0.2) is 17.3 Å². The molecule has 150 valence electrons. The summed E-state index contributed by atoms with van der Waals surface area (Å²) < 4.78 is 16.8. The first-order valence-corrected chi connectivity index (χ1v) is 9.64. The molecule has 6 nitrogen and oxygen atoms in total. The van der Waals surface area contributed by atoms with Gasteiger partial charge in [-0.1, -0.05) is 13.0 Å². The molecule has 0 spiro atoms. The van der Waals surface area contributed by atoms with Crippen molar-refractivity contribution in [2.45, 2.75) is 32.4 Å². The first-order valence-electron chi connectivity index (χ1n) is 9.64. The van der Waals surface area contributed by atoms with Crippen molar-refractivity contribution in [2.75, 3.05) is 26.4 Å². The van der Waals surface area contributed by atoms with Gasteiger partial charge in [-0.05, 0) is 48.9 Å². The van der Waals surface area contributed by atoms with Crippen molar-refractivity contribution in [3.05, 3.63) is 53.6 Å². The Bertz CT molecular complexity index is 790. The van der Waals surface area contributed by atoms with E-state index in [1.54, 1.807) is 24.3 Å². The minimum atomic E-state index is -0.656. The van der Waals surface area contributed by atoms with E-state index in [1.165, 1.54) is 0 Å². The topological polar surface area (TPSA) is 77.0 Å². The standard InChI is InChI=1S/C22H27NO5/c1-3-20(25)16-4-7-19(8-5-16)28-14-18(24)13-23-15(2)17-6-9-21-22(12-17)27-11-10-26-21/h4-9,12,15,18,23-24H,3,10-11,13-14H2,1-2H3/t15-,18-/m0/s1. The lowest BCUT2D eigenvalue weighted by atomic mass is 10.1. The minimum absolute atomic E-state index is 0.0461. The SMILES string of the molecule is CCC(=O)c1ccc(OC[C@@H](O)CN[C@@H](C)c2ccc3c(c2)OCCO3)cc1. The molecule has 2 aromatic carbocycles. The van der Waals surface area contributed by atoms with E-state index in [0.717, 1.165) is 17.1 Å². The lowest BCUT2D eigenvalue weighted by Gasteiger charge is -2.22. The van der Waals surface area contributed by atoms with Gasteiger partial charge in [0.05, 0.1) is 0 Å². The van der Waals surface area contributed by atoms with Crippen molar-refractivity contribution in [3.8, 4) is 17.2 Å². The van der Waals surface area contributed by atoms with Crippen molar-refractivity contribution < 1.29 is 24.1 Å². The van der Waals surface area contributed by atoms with Crippen LogP contribution in [0, 0.1) is 0 Å². The molecule has 0 unspecified atom stereocenters. The van der Waals surface area contributed by atoms with E-state index in [0.29, 0.717) is 37.5 Å². The average Bonchev–Trinajstić information content (AvgIpc) is 2.75. The number of Topliss-reactive ketones (excluding diaryl/α,β-unsaturated/α-hetero) is 1. The second-order valence-electron chi connectivity index (χ2n) is 6.80. The number of aliphatic hydroxyl groups is 1. The zero-order valence-corrected chi connectivity index (χ0v) is 16.3. The highest BCUT2D eigenvalue weighted by Crippen LogP contribution is 2.32. The van der Waals surface area contributed by atoms with Crippen LogP contribution in [-0.2, 0) is 0 Å².